The smallest absolute Gasteiger partial charge is 0.410 e. The van der Waals surface area contributed by atoms with E-state index in [0.29, 0.717) is 26.2 Å². The summed E-state index contributed by atoms with van der Waals surface area (Å²) in [5.74, 6) is 0.882. The van der Waals surface area contributed by atoms with Crippen LogP contribution in [0.25, 0.3) is 0 Å². The lowest BCUT2D eigenvalue weighted by Gasteiger charge is -2.35. The van der Waals surface area contributed by atoms with E-state index in [1.807, 2.05) is 56.0 Å². The zero-order valence-electron chi connectivity index (χ0n) is 16.5. The predicted molar refractivity (Wildman–Crippen MR) is 114 cm³/mol. The van der Waals surface area contributed by atoms with Crippen molar-refractivity contribution < 1.29 is 14.3 Å². The molecule has 0 N–H and O–H groups in total. The Bertz CT molecular complexity index is 807. The first kappa shape index (κ1) is 20.7. The lowest BCUT2D eigenvalue weighted by molar-refractivity contribution is 0.0140. The first-order chi connectivity index (χ1) is 13.3. The number of carbonyl (C=O) groups excluding carboxylic acids is 2. The summed E-state index contributed by atoms with van der Waals surface area (Å²) in [6.07, 6.45) is -0.313. The summed E-state index contributed by atoms with van der Waals surface area (Å²) < 4.78 is 5.43. The van der Waals surface area contributed by atoms with Gasteiger partial charge < -0.3 is 14.5 Å². The van der Waals surface area contributed by atoms with E-state index in [4.69, 9.17) is 4.74 Å². The van der Waals surface area contributed by atoms with Gasteiger partial charge in [0.2, 0.25) is 0 Å². The molecule has 1 saturated heterocycles. The minimum Gasteiger partial charge on any atom is -0.444 e. The summed E-state index contributed by atoms with van der Waals surface area (Å²) >= 11 is 3.41. The number of piperazine rings is 1. The van der Waals surface area contributed by atoms with Crippen molar-refractivity contribution in [2.24, 2.45) is 0 Å². The van der Waals surface area contributed by atoms with Crippen molar-refractivity contribution in [1.82, 2.24) is 9.80 Å². The molecule has 2 amide bonds. The Balaban J connectivity index is 1.60. The van der Waals surface area contributed by atoms with Crippen LogP contribution in [0, 0.1) is 0 Å². The van der Waals surface area contributed by atoms with Crippen LogP contribution in [0.3, 0.4) is 0 Å². The molecule has 28 heavy (non-hydrogen) atoms. The van der Waals surface area contributed by atoms with Gasteiger partial charge in [0.15, 0.2) is 0 Å². The normalized spacial score (nSPS) is 14.8. The quantitative estimate of drug-likeness (QED) is 0.674. The maximum Gasteiger partial charge on any atom is 0.410 e. The highest BCUT2D eigenvalue weighted by Gasteiger charge is 2.28. The third-order valence-corrected chi connectivity index (χ3v) is 6.47. The van der Waals surface area contributed by atoms with Crippen LogP contribution in [-0.2, 0) is 10.5 Å². The van der Waals surface area contributed by atoms with Gasteiger partial charge in [0.25, 0.3) is 5.91 Å². The number of benzene rings is 1. The topological polar surface area (TPSA) is 49.9 Å². The van der Waals surface area contributed by atoms with Crippen molar-refractivity contribution >= 4 is 35.1 Å². The summed E-state index contributed by atoms with van der Waals surface area (Å²) in [6.45, 7) is 7.58. The summed E-state index contributed by atoms with van der Waals surface area (Å²) in [5, 5.41) is 2.07. The maximum absolute atomic E-state index is 13.1. The van der Waals surface area contributed by atoms with E-state index < -0.39 is 5.60 Å². The van der Waals surface area contributed by atoms with Gasteiger partial charge in [-0.15, -0.1) is 23.1 Å². The average Bonchev–Trinajstić information content (AvgIpc) is 3.18. The Labute approximate surface area is 174 Å². The molecule has 7 heteroatoms. The number of amides is 2. The highest BCUT2D eigenvalue weighted by Crippen LogP contribution is 2.29. The number of hydrogen-bond donors (Lipinski definition) is 0. The third-order valence-electron chi connectivity index (χ3n) is 4.29. The van der Waals surface area contributed by atoms with E-state index in [-0.39, 0.29) is 12.0 Å². The van der Waals surface area contributed by atoms with E-state index in [1.165, 1.54) is 4.88 Å². The second-order valence-corrected chi connectivity index (χ2v) is 9.67. The zero-order chi connectivity index (χ0) is 20.1. The molecule has 0 unspecified atom stereocenters. The summed E-state index contributed by atoms with van der Waals surface area (Å²) in [7, 11) is 0. The average molecular weight is 419 g/mol. The van der Waals surface area contributed by atoms with Crippen LogP contribution < -0.4 is 0 Å². The van der Waals surface area contributed by atoms with E-state index in [1.54, 1.807) is 28.0 Å². The molecule has 150 valence electrons. The number of thiophene rings is 1. The molecule has 0 radical (unpaired) electrons. The fraction of sp³-hybridized carbons (Fsp3) is 0.429. The number of ether oxygens (including phenoxy) is 1. The lowest BCUT2D eigenvalue weighted by Crippen LogP contribution is -2.51. The number of thioether (sulfide) groups is 1. The van der Waals surface area contributed by atoms with Crippen molar-refractivity contribution in [1.29, 1.82) is 0 Å². The predicted octanol–water partition coefficient (Wildman–Crippen LogP) is 4.73. The van der Waals surface area contributed by atoms with Crippen molar-refractivity contribution in [2.45, 2.75) is 37.0 Å². The third kappa shape index (κ3) is 5.52. The number of carbonyl (C=O) groups is 2. The standard InChI is InChI=1S/C21H26N2O3S2/c1-21(2,3)26-20(25)23-12-10-22(11-13-23)19(24)17-8-4-5-9-18(17)28-15-16-7-6-14-27-16/h4-9,14H,10-13,15H2,1-3H3. The molecule has 0 atom stereocenters. The van der Waals surface area contributed by atoms with Crippen LogP contribution >= 0.6 is 23.1 Å². The second kappa shape index (κ2) is 9.01. The van der Waals surface area contributed by atoms with Gasteiger partial charge in [0, 0.05) is 41.7 Å². The fourth-order valence-electron chi connectivity index (χ4n) is 2.90. The van der Waals surface area contributed by atoms with Crippen LogP contribution in [0.2, 0.25) is 0 Å². The first-order valence-electron chi connectivity index (χ1n) is 9.35. The minimum absolute atomic E-state index is 0.0260. The Morgan fingerprint density at radius 3 is 2.36 bits per heavy atom. The second-order valence-electron chi connectivity index (χ2n) is 7.62. The molecule has 2 heterocycles. The highest BCUT2D eigenvalue weighted by atomic mass is 32.2. The van der Waals surface area contributed by atoms with Gasteiger partial charge in [-0.3, -0.25) is 4.79 Å². The Morgan fingerprint density at radius 1 is 1.04 bits per heavy atom. The first-order valence-corrected chi connectivity index (χ1v) is 11.2. The van der Waals surface area contributed by atoms with Gasteiger partial charge in [-0.1, -0.05) is 18.2 Å². The minimum atomic E-state index is -0.511. The van der Waals surface area contributed by atoms with Crippen molar-refractivity contribution in [3.05, 3.63) is 52.2 Å². The number of hydrogen-bond acceptors (Lipinski definition) is 5. The Kier molecular flexibility index (Phi) is 6.67. The van der Waals surface area contributed by atoms with E-state index in [0.717, 1.165) is 16.2 Å². The van der Waals surface area contributed by atoms with Gasteiger partial charge in [-0.2, -0.15) is 0 Å². The van der Waals surface area contributed by atoms with Gasteiger partial charge in [0.1, 0.15) is 5.60 Å². The van der Waals surface area contributed by atoms with Crippen LogP contribution in [0.4, 0.5) is 4.79 Å². The molecule has 1 aliphatic heterocycles. The van der Waals surface area contributed by atoms with Gasteiger partial charge in [0.05, 0.1) is 5.56 Å². The summed E-state index contributed by atoms with van der Waals surface area (Å²) in [5.41, 5.74) is 0.220. The van der Waals surface area contributed by atoms with E-state index in [9.17, 15) is 9.59 Å². The van der Waals surface area contributed by atoms with E-state index >= 15 is 0 Å². The molecule has 2 aromatic rings. The van der Waals surface area contributed by atoms with Crippen LogP contribution in [0.5, 0.6) is 0 Å². The monoisotopic (exact) mass is 418 g/mol. The molecule has 1 aliphatic rings. The summed E-state index contributed by atoms with van der Waals surface area (Å²) in [4.78, 5) is 31.1. The largest absolute Gasteiger partial charge is 0.444 e. The molecular formula is C21H26N2O3S2. The SMILES string of the molecule is CC(C)(C)OC(=O)N1CCN(C(=O)c2ccccc2SCc2cccs2)CC1. The number of nitrogens with zero attached hydrogens (tertiary/aromatic N) is 2. The van der Waals surface area contributed by atoms with E-state index in [2.05, 4.69) is 11.4 Å². The molecule has 0 spiro atoms. The molecule has 1 aromatic carbocycles. The zero-order valence-corrected chi connectivity index (χ0v) is 18.1. The van der Waals surface area contributed by atoms with Gasteiger partial charge >= 0.3 is 6.09 Å². The summed E-state index contributed by atoms with van der Waals surface area (Å²) in [6, 6.07) is 11.9. The Hall–Kier alpha value is -1.99. The molecule has 1 fully saturated rings. The van der Waals surface area contributed by atoms with Crippen molar-refractivity contribution in [3.8, 4) is 0 Å². The number of rotatable bonds is 4. The van der Waals surface area contributed by atoms with Crippen molar-refractivity contribution in [3.63, 3.8) is 0 Å². The van der Waals surface area contributed by atoms with Crippen molar-refractivity contribution in [2.75, 3.05) is 26.2 Å². The molecule has 0 aliphatic carbocycles. The molecule has 3 rings (SSSR count). The molecule has 0 bridgehead atoms. The van der Waals surface area contributed by atoms with Crippen LogP contribution in [-0.4, -0.2) is 53.6 Å². The molecule has 5 nitrogen and oxygen atoms in total. The Morgan fingerprint density at radius 2 is 1.71 bits per heavy atom. The highest BCUT2D eigenvalue weighted by molar-refractivity contribution is 7.98. The molecule has 0 saturated carbocycles. The molecular weight excluding hydrogens is 392 g/mol. The fourth-order valence-corrected chi connectivity index (χ4v) is 4.72. The van der Waals surface area contributed by atoms with Gasteiger partial charge in [-0.25, -0.2) is 4.79 Å². The molecule has 1 aromatic heterocycles. The maximum atomic E-state index is 13.1. The van der Waals surface area contributed by atoms with Gasteiger partial charge in [-0.05, 0) is 44.4 Å². The van der Waals surface area contributed by atoms with Crippen LogP contribution in [0.15, 0.2) is 46.7 Å². The van der Waals surface area contributed by atoms with Crippen LogP contribution in [0.1, 0.15) is 36.0 Å². The lowest BCUT2D eigenvalue weighted by atomic mass is 10.2.